The average Bonchev–Trinajstić information content (AvgIpc) is 3.04. The molecule has 0 spiro atoms. The molecule has 2 rings (SSSR count). The number of benzene rings is 1. The fraction of sp³-hybridized carbons (Fsp3) is 0.353. The van der Waals surface area contributed by atoms with E-state index in [1.165, 1.54) is 11.8 Å². The van der Waals surface area contributed by atoms with Crippen LogP contribution in [0.2, 0.25) is 0 Å². The molecule has 134 valence electrons. The molecule has 1 N–H and O–H groups in total. The normalized spacial score (nSPS) is 10.5. The Hall–Kier alpha value is -2.32. The SMILES string of the molecule is COCCNC(=O)COC(=O)c1ccccc1SCc1cc(C)on1. The highest BCUT2D eigenvalue weighted by atomic mass is 32.2. The summed E-state index contributed by atoms with van der Waals surface area (Å²) in [5.74, 6) is 0.400. The third kappa shape index (κ3) is 6.24. The smallest absolute Gasteiger partial charge is 0.339 e. The maximum Gasteiger partial charge on any atom is 0.339 e. The lowest BCUT2D eigenvalue weighted by atomic mass is 10.2. The summed E-state index contributed by atoms with van der Waals surface area (Å²) in [6, 6.07) is 8.93. The molecule has 0 saturated carbocycles. The molecule has 1 aromatic heterocycles. The van der Waals surface area contributed by atoms with E-state index in [1.54, 1.807) is 19.2 Å². The van der Waals surface area contributed by atoms with E-state index in [0.29, 0.717) is 24.5 Å². The lowest BCUT2D eigenvalue weighted by molar-refractivity contribution is -0.124. The number of aryl methyl sites for hydroxylation is 1. The Morgan fingerprint density at radius 1 is 1.32 bits per heavy atom. The van der Waals surface area contributed by atoms with Crippen LogP contribution in [-0.2, 0) is 20.0 Å². The number of ether oxygens (including phenoxy) is 2. The summed E-state index contributed by atoms with van der Waals surface area (Å²) in [6.45, 7) is 2.27. The van der Waals surface area contributed by atoms with Crippen molar-refractivity contribution in [1.29, 1.82) is 0 Å². The Morgan fingerprint density at radius 3 is 2.84 bits per heavy atom. The minimum Gasteiger partial charge on any atom is -0.452 e. The summed E-state index contributed by atoms with van der Waals surface area (Å²) < 4.78 is 14.9. The molecule has 1 amide bonds. The molecule has 7 nitrogen and oxygen atoms in total. The van der Waals surface area contributed by atoms with Gasteiger partial charge in [-0.3, -0.25) is 4.79 Å². The van der Waals surface area contributed by atoms with Gasteiger partial charge in [0.2, 0.25) is 0 Å². The van der Waals surface area contributed by atoms with E-state index in [0.717, 1.165) is 16.3 Å². The van der Waals surface area contributed by atoms with E-state index in [4.69, 9.17) is 14.0 Å². The third-order valence-electron chi connectivity index (χ3n) is 3.12. The summed E-state index contributed by atoms with van der Waals surface area (Å²) in [6.07, 6.45) is 0. The van der Waals surface area contributed by atoms with E-state index >= 15 is 0 Å². The van der Waals surface area contributed by atoms with Crippen molar-refractivity contribution in [3.8, 4) is 0 Å². The van der Waals surface area contributed by atoms with Crippen molar-refractivity contribution >= 4 is 23.6 Å². The first-order chi connectivity index (χ1) is 12.1. The molecule has 8 heteroatoms. The Kier molecular flexibility index (Phi) is 7.49. The predicted molar refractivity (Wildman–Crippen MR) is 92.4 cm³/mol. The number of hydrogen-bond acceptors (Lipinski definition) is 7. The summed E-state index contributed by atoms with van der Waals surface area (Å²) in [5, 5.41) is 6.51. The maximum atomic E-state index is 12.2. The van der Waals surface area contributed by atoms with Gasteiger partial charge in [0.1, 0.15) is 5.76 Å². The summed E-state index contributed by atoms with van der Waals surface area (Å²) >= 11 is 1.45. The zero-order valence-electron chi connectivity index (χ0n) is 14.1. The number of rotatable bonds is 9. The number of nitrogens with zero attached hydrogens (tertiary/aromatic N) is 1. The summed E-state index contributed by atoms with van der Waals surface area (Å²) in [7, 11) is 1.54. The maximum absolute atomic E-state index is 12.2. The first-order valence-electron chi connectivity index (χ1n) is 7.67. The minimum atomic E-state index is -0.540. The van der Waals surface area contributed by atoms with E-state index < -0.39 is 5.97 Å². The molecule has 25 heavy (non-hydrogen) atoms. The number of thioether (sulfide) groups is 1. The van der Waals surface area contributed by atoms with Gasteiger partial charge >= 0.3 is 5.97 Å². The lowest BCUT2D eigenvalue weighted by Gasteiger charge is -2.09. The highest BCUT2D eigenvalue weighted by Crippen LogP contribution is 2.26. The first-order valence-corrected chi connectivity index (χ1v) is 8.65. The van der Waals surface area contributed by atoms with E-state index in [2.05, 4.69) is 10.5 Å². The number of aromatic nitrogens is 1. The highest BCUT2D eigenvalue weighted by molar-refractivity contribution is 7.98. The Balaban J connectivity index is 1.89. The number of methoxy groups -OCH3 is 1. The van der Waals surface area contributed by atoms with Gasteiger partial charge in [-0.25, -0.2) is 4.79 Å². The fourth-order valence-electron chi connectivity index (χ4n) is 1.95. The van der Waals surface area contributed by atoms with Crippen LogP contribution in [0.25, 0.3) is 0 Å². The van der Waals surface area contributed by atoms with Gasteiger partial charge in [0.15, 0.2) is 6.61 Å². The quantitative estimate of drug-likeness (QED) is 0.414. The van der Waals surface area contributed by atoms with Crippen molar-refractivity contribution in [2.45, 2.75) is 17.6 Å². The van der Waals surface area contributed by atoms with Crippen LogP contribution in [0, 0.1) is 6.92 Å². The van der Waals surface area contributed by atoms with Gasteiger partial charge < -0.3 is 19.3 Å². The van der Waals surface area contributed by atoms with Gasteiger partial charge in [0.25, 0.3) is 5.91 Å². The van der Waals surface area contributed by atoms with Gasteiger partial charge in [-0.15, -0.1) is 11.8 Å². The molecule has 1 aromatic carbocycles. The van der Waals surface area contributed by atoms with E-state index in [-0.39, 0.29) is 12.5 Å². The molecule has 0 saturated heterocycles. The monoisotopic (exact) mass is 364 g/mol. The zero-order chi connectivity index (χ0) is 18.1. The zero-order valence-corrected chi connectivity index (χ0v) is 14.9. The van der Waals surface area contributed by atoms with Crippen molar-refractivity contribution in [3.63, 3.8) is 0 Å². The third-order valence-corrected chi connectivity index (χ3v) is 4.23. The lowest BCUT2D eigenvalue weighted by Crippen LogP contribution is -2.31. The van der Waals surface area contributed by atoms with Gasteiger partial charge in [0, 0.05) is 30.4 Å². The summed E-state index contributed by atoms with van der Waals surface area (Å²) in [5.41, 5.74) is 1.21. The number of nitrogens with one attached hydrogen (secondary N) is 1. The molecule has 0 aliphatic carbocycles. The van der Waals surface area contributed by atoms with Crippen molar-refractivity contribution in [1.82, 2.24) is 10.5 Å². The second-order valence-electron chi connectivity index (χ2n) is 5.13. The number of esters is 1. The van der Waals surface area contributed by atoms with E-state index in [1.807, 2.05) is 25.1 Å². The molecule has 0 fully saturated rings. The number of hydrogen-bond donors (Lipinski definition) is 1. The van der Waals surface area contributed by atoms with Crippen LogP contribution in [0.15, 0.2) is 39.8 Å². The predicted octanol–water partition coefficient (Wildman–Crippen LogP) is 2.19. The second-order valence-corrected chi connectivity index (χ2v) is 6.15. The molecule has 0 radical (unpaired) electrons. The largest absolute Gasteiger partial charge is 0.452 e. The number of carbonyl (C=O) groups is 2. The van der Waals surface area contributed by atoms with Crippen LogP contribution >= 0.6 is 11.8 Å². The topological polar surface area (TPSA) is 90.7 Å². The van der Waals surface area contributed by atoms with Crippen LogP contribution in [0.5, 0.6) is 0 Å². The van der Waals surface area contributed by atoms with Crippen LogP contribution in [0.4, 0.5) is 0 Å². The van der Waals surface area contributed by atoms with Gasteiger partial charge in [0.05, 0.1) is 17.9 Å². The molecular formula is C17H20N2O5S. The highest BCUT2D eigenvalue weighted by Gasteiger charge is 2.15. The van der Waals surface area contributed by atoms with Crippen LogP contribution in [0.3, 0.4) is 0 Å². The van der Waals surface area contributed by atoms with Crippen LogP contribution < -0.4 is 5.32 Å². The molecule has 0 aliphatic rings. The fourth-order valence-corrected chi connectivity index (χ4v) is 2.87. The number of amides is 1. The summed E-state index contributed by atoms with van der Waals surface area (Å²) in [4.78, 5) is 24.6. The standard InChI is InChI=1S/C17H20N2O5S/c1-12-9-13(19-24-12)11-25-15-6-4-3-5-14(15)17(21)23-10-16(20)18-7-8-22-2/h3-6,9H,7-8,10-11H2,1-2H3,(H,18,20). The Bertz CT molecular complexity index is 717. The van der Waals surface area contributed by atoms with Crippen molar-refractivity contribution in [2.75, 3.05) is 26.9 Å². The Morgan fingerprint density at radius 2 is 2.12 bits per heavy atom. The van der Waals surface area contributed by atoms with Crippen LogP contribution in [0.1, 0.15) is 21.8 Å². The second kappa shape index (κ2) is 9.85. The van der Waals surface area contributed by atoms with Crippen molar-refractivity contribution in [3.05, 3.63) is 47.3 Å². The molecule has 0 unspecified atom stereocenters. The van der Waals surface area contributed by atoms with Crippen molar-refractivity contribution < 1.29 is 23.6 Å². The van der Waals surface area contributed by atoms with Gasteiger partial charge in [-0.2, -0.15) is 0 Å². The van der Waals surface area contributed by atoms with Crippen LogP contribution in [-0.4, -0.2) is 43.9 Å². The number of carbonyl (C=O) groups excluding carboxylic acids is 2. The molecule has 1 heterocycles. The van der Waals surface area contributed by atoms with E-state index in [9.17, 15) is 9.59 Å². The van der Waals surface area contributed by atoms with Gasteiger partial charge in [-0.1, -0.05) is 17.3 Å². The average molecular weight is 364 g/mol. The first kappa shape index (κ1) is 19.0. The molecule has 0 atom stereocenters. The van der Waals surface area contributed by atoms with Crippen molar-refractivity contribution in [2.24, 2.45) is 0 Å². The molecule has 2 aromatic rings. The van der Waals surface area contributed by atoms with Gasteiger partial charge in [-0.05, 0) is 19.1 Å². The molecule has 0 aliphatic heterocycles. The minimum absolute atomic E-state index is 0.329. The molecule has 0 bridgehead atoms. The Labute approximate surface area is 150 Å². The molecular weight excluding hydrogens is 344 g/mol.